The van der Waals surface area contributed by atoms with Crippen LogP contribution < -0.4 is 0 Å². The highest BCUT2D eigenvalue weighted by atomic mass is 16.3. The third kappa shape index (κ3) is 3.53. The summed E-state index contributed by atoms with van der Waals surface area (Å²) < 4.78 is 0. The molecule has 3 saturated carbocycles. The Balaban J connectivity index is 1.49. The average molecular weight is 384 g/mol. The molecule has 2 radical (unpaired) electrons. The van der Waals surface area contributed by atoms with Crippen LogP contribution in [0.2, 0.25) is 0 Å². The zero-order valence-corrected chi connectivity index (χ0v) is 18.6. The number of hydrogen-bond donors (Lipinski definition) is 2. The van der Waals surface area contributed by atoms with E-state index in [0.29, 0.717) is 11.8 Å². The second-order valence-corrected chi connectivity index (χ2v) is 12.1. The van der Waals surface area contributed by atoms with Crippen molar-refractivity contribution in [3.8, 4) is 0 Å². The Morgan fingerprint density at radius 2 is 1.86 bits per heavy atom. The summed E-state index contributed by atoms with van der Waals surface area (Å²) in [5.74, 6) is 3.28. The van der Waals surface area contributed by atoms with Crippen LogP contribution in [0.5, 0.6) is 0 Å². The van der Waals surface area contributed by atoms with Crippen molar-refractivity contribution in [3.05, 3.63) is 11.6 Å². The highest BCUT2D eigenvalue weighted by Crippen LogP contribution is 2.67. The number of aliphatic hydroxyl groups is 2. The summed E-state index contributed by atoms with van der Waals surface area (Å²) in [6.45, 7) is 8.95. The van der Waals surface area contributed by atoms with E-state index in [9.17, 15) is 10.2 Å². The van der Waals surface area contributed by atoms with Gasteiger partial charge in [-0.15, -0.1) is 0 Å². The molecule has 7 atom stereocenters. The molecule has 0 unspecified atom stereocenters. The monoisotopic (exact) mass is 384 g/mol. The van der Waals surface area contributed by atoms with Crippen LogP contribution in [0.15, 0.2) is 11.6 Å². The third-order valence-corrected chi connectivity index (χ3v) is 9.74. The van der Waals surface area contributed by atoms with E-state index in [2.05, 4.69) is 19.9 Å². The Hall–Kier alpha value is -0.275. The second kappa shape index (κ2) is 6.87. The van der Waals surface area contributed by atoms with E-state index in [1.54, 1.807) is 0 Å². The maximum absolute atomic E-state index is 10.4. The smallest absolute Gasteiger partial charge is 0.113 e. The molecule has 2 nitrogen and oxygen atoms in total. The number of hydrogen-bond acceptors (Lipinski definition) is 2. The Morgan fingerprint density at radius 3 is 2.57 bits per heavy atom. The topological polar surface area (TPSA) is 40.5 Å². The standard InChI is InChI=1S/C25H41BO2/c1-22(2,27)12-5-6-17-8-10-20-19-9-7-18-16-25(26,28)15-14-24(18,4)21(19)11-13-23(17,20)3/h7,17,19-21,27-28H,5-6,8-16H2,1-4H3/t17-,19-,20-,21-,23+,24-,25-/m0/s1. The lowest BCUT2D eigenvalue weighted by molar-refractivity contribution is -0.0559. The minimum Gasteiger partial charge on any atom is -0.399 e. The van der Waals surface area contributed by atoms with Gasteiger partial charge in [0.05, 0.1) is 5.60 Å². The van der Waals surface area contributed by atoms with Gasteiger partial charge < -0.3 is 10.2 Å². The highest BCUT2D eigenvalue weighted by Gasteiger charge is 2.58. The van der Waals surface area contributed by atoms with E-state index in [-0.39, 0.29) is 5.41 Å². The molecule has 0 spiro atoms. The first kappa shape index (κ1) is 21.0. The van der Waals surface area contributed by atoms with Gasteiger partial charge in [-0.25, -0.2) is 0 Å². The molecule has 0 aromatic rings. The number of rotatable bonds is 4. The van der Waals surface area contributed by atoms with Gasteiger partial charge in [0.2, 0.25) is 0 Å². The number of allylic oxidation sites excluding steroid dienone is 1. The fraction of sp³-hybridized carbons (Fsp3) is 0.920. The van der Waals surface area contributed by atoms with Gasteiger partial charge >= 0.3 is 0 Å². The zero-order chi connectivity index (χ0) is 20.4. The first-order chi connectivity index (χ1) is 12.9. The van der Waals surface area contributed by atoms with Crippen LogP contribution in [0.3, 0.4) is 0 Å². The van der Waals surface area contributed by atoms with Crippen molar-refractivity contribution in [2.24, 2.45) is 34.5 Å². The van der Waals surface area contributed by atoms with Crippen LogP contribution in [0, 0.1) is 34.5 Å². The molecule has 2 N–H and O–H groups in total. The first-order valence-electron chi connectivity index (χ1n) is 11.9. The minimum atomic E-state index is -0.986. The summed E-state index contributed by atoms with van der Waals surface area (Å²) in [7, 11) is 6.11. The maximum Gasteiger partial charge on any atom is 0.113 e. The number of fused-ring (bicyclic) bond motifs is 5. The van der Waals surface area contributed by atoms with Gasteiger partial charge in [0.15, 0.2) is 0 Å². The fourth-order valence-corrected chi connectivity index (χ4v) is 8.04. The quantitative estimate of drug-likeness (QED) is 0.506. The Labute approximate surface area is 174 Å². The molecule has 0 amide bonds. The summed E-state index contributed by atoms with van der Waals surface area (Å²) in [6, 6.07) is 0. The largest absolute Gasteiger partial charge is 0.399 e. The van der Waals surface area contributed by atoms with E-state index >= 15 is 0 Å². The molecule has 0 heterocycles. The zero-order valence-electron chi connectivity index (χ0n) is 18.6. The van der Waals surface area contributed by atoms with Gasteiger partial charge in [0, 0.05) is 5.50 Å². The molecule has 0 bridgehead atoms. The minimum absolute atomic E-state index is 0.259. The molecule has 0 aromatic carbocycles. The molecule has 4 rings (SSSR count). The molecule has 156 valence electrons. The van der Waals surface area contributed by atoms with Crippen LogP contribution in [-0.2, 0) is 0 Å². The molecular formula is C25H41BO2. The molecule has 0 aliphatic heterocycles. The van der Waals surface area contributed by atoms with E-state index in [1.165, 1.54) is 44.1 Å². The van der Waals surface area contributed by atoms with E-state index in [1.807, 2.05) is 13.8 Å². The molecule has 0 aromatic heterocycles. The third-order valence-electron chi connectivity index (χ3n) is 9.74. The van der Waals surface area contributed by atoms with E-state index in [0.717, 1.165) is 49.4 Å². The van der Waals surface area contributed by atoms with Crippen molar-refractivity contribution < 1.29 is 10.2 Å². The Morgan fingerprint density at radius 1 is 1.11 bits per heavy atom. The maximum atomic E-state index is 10.4. The predicted octanol–water partition coefficient (Wildman–Crippen LogP) is 5.36. The molecule has 4 aliphatic carbocycles. The van der Waals surface area contributed by atoms with Crippen molar-refractivity contribution in [3.63, 3.8) is 0 Å². The van der Waals surface area contributed by atoms with Crippen molar-refractivity contribution in [2.75, 3.05) is 0 Å². The summed E-state index contributed by atoms with van der Waals surface area (Å²) in [5, 5.41) is 20.5. The summed E-state index contributed by atoms with van der Waals surface area (Å²) in [4.78, 5) is 0. The van der Waals surface area contributed by atoms with Gasteiger partial charge in [-0.05, 0) is 113 Å². The lowest BCUT2D eigenvalue weighted by Crippen LogP contribution is -2.52. The Kier molecular flexibility index (Phi) is 5.15. The van der Waals surface area contributed by atoms with Gasteiger partial charge in [0.1, 0.15) is 7.85 Å². The molecule has 28 heavy (non-hydrogen) atoms. The van der Waals surface area contributed by atoms with E-state index < -0.39 is 11.1 Å². The lowest BCUT2D eigenvalue weighted by Gasteiger charge is -2.59. The molecular weight excluding hydrogens is 343 g/mol. The van der Waals surface area contributed by atoms with Crippen molar-refractivity contribution in [1.82, 2.24) is 0 Å². The van der Waals surface area contributed by atoms with Crippen molar-refractivity contribution in [1.29, 1.82) is 0 Å². The molecule has 4 aliphatic rings. The summed E-state index contributed by atoms with van der Waals surface area (Å²) >= 11 is 0. The second-order valence-electron chi connectivity index (χ2n) is 12.1. The average Bonchev–Trinajstić information content (AvgIpc) is 2.91. The van der Waals surface area contributed by atoms with E-state index in [4.69, 9.17) is 7.85 Å². The predicted molar refractivity (Wildman–Crippen MR) is 116 cm³/mol. The van der Waals surface area contributed by atoms with Gasteiger partial charge in [-0.1, -0.05) is 31.9 Å². The molecule has 0 saturated heterocycles. The first-order valence-corrected chi connectivity index (χ1v) is 11.9. The van der Waals surface area contributed by atoms with Gasteiger partial charge in [-0.2, -0.15) is 0 Å². The highest BCUT2D eigenvalue weighted by molar-refractivity contribution is 6.14. The van der Waals surface area contributed by atoms with Gasteiger partial charge in [-0.3, -0.25) is 0 Å². The molecule has 3 heteroatoms. The van der Waals surface area contributed by atoms with Crippen LogP contribution in [0.4, 0.5) is 0 Å². The van der Waals surface area contributed by atoms with Crippen LogP contribution >= 0.6 is 0 Å². The van der Waals surface area contributed by atoms with Crippen LogP contribution in [0.25, 0.3) is 0 Å². The SMILES string of the molecule is [B][C@]1(O)CC[C@@]2(C)C(=CC[C@H]3[C@@H]4CC[C@H](CCCC(C)(C)O)[C@@]4(C)CC[C@@H]32)C1. The van der Waals surface area contributed by atoms with Crippen molar-refractivity contribution >= 4 is 7.85 Å². The van der Waals surface area contributed by atoms with Crippen LogP contribution in [0.1, 0.15) is 98.3 Å². The van der Waals surface area contributed by atoms with Crippen LogP contribution in [-0.4, -0.2) is 29.2 Å². The summed E-state index contributed by atoms with van der Waals surface area (Å²) in [5.41, 5.74) is 0.691. The normalized spacial score (nSPS) is 48.4. The summed E-state index contributed by atoms with van der Waals surface area (Å²) in [6.07, 6.45) is 15.0. The van der Waals surface area contributed by atoms with Crippen molar-refractivity contribution in [2.45, 2.75) is 109 Å². The van der Waals surface area contributed by atoms with Gasteiger partial charge in [0.25, 0.3) is 0 Å². The fourth-order valence-electron chi connectivity index (χ4n) is 8.04. The lowest BCUT2D eigenvalue weighted by atomic mass is 9.45. The Bertz CT molecular complexity index is 633. The molecule has 3 fully saturated rings.